The van der Waals surface area contributed by atoms with E-state index in [0.29, 0.717) is 18.2 Å². The number of halogens is 1. The minimum Gasteiger partial charge on any atom is -0.372 e. The minimum atomic E-state index is -0.291. The van der Waals surface area contributed by atoms with Crippen molar-refractivity contribution in [1.82, 2.24) is 20.2 Å². The summed E-state index contributed by atoms with van der Waals surface area (Å²) in [5, 5.41) is 6.78. The van der Waals surface area contributed by atoms with E-state index in [9.17, 15) is 4.39 Å². The molecule has 1 aliphatic rings. The lowest BCUT2D eigenvalue weighted by Crippen LogP contribution is -2.38. The number of anilines is 1. The Labute approximate surface area is 189 Å². The lowest BCUT2D eigenvalue weighted by molar-refractivity contribution is 0.615. The molecule has 6 nitrogen and oxygen atoms in total. The second-order valence-electron chi connectivity index (χ2n) is 8.11. The first-order valence-corrected chi connectivity index (χ1v) is 11.3. The highest BCUT2D eigenvalue weighted by Crippen LogP contribution is 2.24. The molecule has 4 rings (SSSR count). The van der Waals surface area contributed by atoms with Crippen molar-refractivity contribution >= 4 is 11.6 Å². The van der Waals surface area contributed by atoms with Crippen LogP contribution in [0.5, 0.6) is 0 Å². The maximum atomic E-state index is 14.6. The Morgan fingerprint density at radius 2 is 2.03 bits per heavy atom. The Morgan fingerprint density at radius 3 is 2.75 bits per heavy atom. The topological polar surface area (TPSA) is 57.5 Å². The molecule has 1 fully saturated rings. The highest BCUT2D eigenvalue weighted by atomic mass is 19.1. The summed E-state index contributed by atoms with van der Waals surface area (Å²) in [5.41, 5.74) is 3.79. The van der Waals surface area contributed by atoms with Gasteiger partial charge in [0.05, 0.1) is 24.6 Å². The Balaban J connectivity index is 1.44. The first-order chi connectivity index (χ1) is 15.6. The van der Waals surface area contributed by atoms with Crippen LogP contribution in [0, 0.1) is 5.82 Å². The number of nitrogens with one attached hydrogen (secondary N) is 2. The molecule has 0 aliphatic carbocycles. The van der Waals surface area contributed by atoms with Crippen LogP contribution < -0.4 is 15.5 Å². The molecule has 1 atom stereocenters. The van der Waals surface area contributed by atoms with Crippen molar-refractivity contribution < 1.29 is 4.39 Å². The average Bonchev–Trinajstić information content (AvgIpc) is 3.52. The second-order valence-corrected chi connectivity index (χ2v) is 8.11. The van der Waals surface area contributed by atoms with Gasteiger partial charge in [-0.15, -0.1) is 0 Å². The highest BCUT2D eigenvalue weighted by molar-refractivity contribution is 5.80. The number of aromatic nitrogens is 2. The van der Waals surface area contributed by atoms with Gasteiger partial charge in [-0.05, 0) is 62.1 Å². The smallest absolute Gasteiger partial charge is 0.192 e. The standard InChI is InChI=1S/C25H31FN6/c1-3-28-25(29-17-20-9-10-24(23(26)15-20)32-14-11-27-18-32)30-19(2)21-7-6-8-22(16-21)31-12-4-5-13-31/h6-11,14-16,18-19H,3-5,12-13,17H2,1-2H3,(H2,28,29,30). The fourth-order valence-electron chi connectivity index (χ4n) is 4.00. The van der Waals surface area contributed by atoms with Gasteiger partial charge in [0.15, 0.2) is 5.96 Å². The largest absolute Gasteiger partial charge is 0.372 e. The van der Waals surface area contributed by atoms with Crippen LogP contribution in [-0.4, -0.2) is 35.1 Å². The molecule has 7 heteroatoms. The summed E-state index contributed by atoms with van der Waals surface area (Å²) in [4.78, 5) is 11.1. The monoisotopic (exact) mass is 434 g/mol. The molecule has 3 aromatic rings. The number of guanidine groups is 1. The molecule has 0 bridgehead atoms. The fraction of sp³-hybridized carbons (Fsp3) is 0.360. The molecule has 0 saturated carbocycles. The van der Waals surface area contributed by atoms with Gasteiger partial charge >= 0.3 is 0 Å². The SMILES string of the molecule is CCNC(=NCc1ccc(-n2ccnc2)c(F)c1)NC(C)c1cccc(N2CCCC2)c1. The van der Waals surface area contributed by atoms with Crippen LogP contribution >= 0.6 is 0 Å². The maximum absolute atomic E-state index is 14.6. The molecule has 1 saturated heterocycles. The highest BCUT2D eigenvalue weighted by Gasteiger charge is 2.14. The molecule has 1 unspecified atom stereocenters. The molecule has 0 spiro atoms. The maximum Gasteiger partial charge on any atom is 0.192 e. The average molecular weight is 435 g/mol. The quantitative estimate of drug-likeness (QED) is 0.427. The Kier molecular flexibility index (Phi) is 7.04. The van der Waals surface area contributed by atoms with E-state index in [-0.39, 0.29) is 11.9 Å². The molecular formula is C25H31FN6. The minimum absolute atomic E-state index is 0.0932. The Bertz CT molecular complexity index is 1040. The van der Waals surface area contributed by atoms with Crippen molar-refractivity contribution in [3.05, 3.63) is 78.1 Å². The van der Waals surface area contributed by atoms with E-state index in [1.165, 1.54) is 30.2 Å². The molecule has 2 aromatic carbocycles. The van der Waals surface area contributed by atoms with E-state index in [1.54, 1.807) is 29.4 Å². The third-order valence-corrected chi connectivity index (χ3v) is 5.75. The molecule has 2 heterocycles. The summed E-state index contributed by atoms with van der Waals surface area (Å²) in [6.07, 6.45) is 7.47. The van der Waals surface area contributed by atoms with Gasteiger partial charge in [0.2, 0.25) is 0 Å². The van der Waals surface area contributed by atoms with Gasteiger partial charge in [0.1, 0.15) is 5.82 Å². The number of benzene rings is 2. The van der Waals surface area contributed by atoms with Crippen LogP contribution in [0.3, 0.4) is 0 Å². The van der Waals surface area contributed by atoms with E-state index in [2.05, 4.69) is 56.7 Å². The van der Waals surface area contributed by atoms with Gasteiger partial charge in [0, 0.05) is 37.7 Å². The predicted molar refractivity (Wildman–Crippen MR) is 128 cm³/mol. The van der Waals surface area contributed by atoms with E-state index >= 15 is 0 Å². The zero-order chi connectivity index (χ0) is 22.3. The second kappa shape index (κ2) is 10.3. The summed E-state index contributed by atoms with van der Waals surface area (Å²) in [6.45, 7) is 7.57. The van der Waals surface area contributed by atoms with Crippen molar-refractivity contribution in [2.45, 2.75) is 39.3 Å². The molecule has 0 radical (unpaired) electrons. The third-order valence-electron chi connectivity index (χ3n) is 5.75. The normalized spacial score (nSPS) is 15.1. The van der Waals surface area contributed by atoms with Gasteiger partial charge < -0.3 is 20.1 Å². The number of aliphatic imine (C=N–C) groups is 1. The lowest BCUT2D eigenvalue weighted by atomic mass is 10.1. The summed E-state index contributed by atoms with van der Waals surface area (Å²) in [7, 11) is 0. The number of hydrogen-bond acceptors (Lipinski definition) is 3. The zero-order valence-electron chi connectivity index (χ0n) is 18.8. The predicted octanol–water partition coefficient (Wildman–Crippen LogP) is 4.43. The van der Waals surface area contributed by atoms with Crippen molar-refractivity contribution in [3.8, 4) is 5.69 Å². The summed E-state index contributed by atoms with van der Waals surface area (Å²) in [5.74, 6) is 0.423. The van der Waals surface area contributed by atoms with Crippen LogP contribution in [-0.2, 0) is 6.54 Å². The molecule has 168 valence electrons. The first-order valence-electron chi connectivity index (χ1n) is 11.3. The molecule has 0 amide bonds. The van der Waals surface area contributed by atoms with E-state index in [4.69, 9.17) is 0 Å². The Morgan fingerprint density at radius 1 is 1.19 bits per heavy atom. The van der Waals surface area contributed by atoms with E-state index < -0.39 is 0 Å². The number of nitrogens with zero attached hydrogens (tertiary/aromatic N) is 4. The van der Waals surface area contributed by atoms with Gasteiger partial charge in [-0.3, -0.25) is 0 Å². The number of rotatable bonds is 7. The van der Waals surface area contributed by atoms with Crippen molar-refractivity contribution in [2.75, 3.05) is 24.5 Å². The van der Waals surface area contributed by atoms with Crippen molar-refractivity contribution in [2.24, 2.45) is 4.99 Å². The van der Waals surface area contributed by atoms with Crippen LogP contribution in [0.15, 0.2) is 66.2 Å². The van der Waals surface area contributed by atoms with Crippen LogP contribution in [0.2, 0.25) is 0 Å². The lowest BCUT2D eigenvalue weighted by Gasteiger charge is -2.22. The van der Waals surface area contributed by atoms with Gasteiger partial charge in [0.25, 0.3) is 0 Å². The third kappa shape index (κ3) is 5.28. The van der Waals surface area contributed by atoms with Gasteiger partial charge in [-0.2, -0.15) is 0 Å². The van der Waals surface area contributed by atoms with Crippen LogP contribution in [0.25, 0.3) is 5.69 Å². The summed E-state index contributed by atoms with van der Waals surface area (Å²) < 4.78 is 16.2. The number of imidazole rings is 1. The zero-order valence-corrected chi connectivity index (χ0v) is 18.8. The van der Waals surface area contributed by atoms with Crippen LogP contribution in [0.4, 0.5) is 10.1 Å². The summed E-state index contributed by atoms with van der Waals surface area (Å²) >= 11 is 0. The number of hydrogen-bond donors (Lipinski definition) is 2. The van der Waals surface area contributed by atoms with Gasteiger partial charge in [-0.1, -0.05) is 18.2 Å². The van der Waals surface area contributed by atoms with Crippen molar-refractivity contribution in [1.29, 1.82) is 0 Å². The molecule has 2 N–H and O–H groups in total. The molecule has 1 aromatic heterocycles. The van der Waals surface area contributed by atoms with E-state index in [1.807, 2.05) is 13.0 Å². The van der Waals surface area contributed by atoms with Crippen molar-refractivity contribution in [3.63, 3.8) is 0 Å². The fourth-order valence-corrected chi connectivity index (χ4v) is 4.00. The summed E-state index contributed by atoms with van der Waals surface area (Å²) in [6, 6.07) is 14.0. The van der Waals surface area contributed by atoms with E-state index in [0.717, 1.165) is 25.2 Å². The molecular weight excluding hydrogens is 403 g/mol. The molecule has 1 aliphatic heterocycles. The Hall–Kier alpha value is -3.35. The van der Waals surface area contributed by atoms with Gasteiger partial charge in [-0.25, -0.2) is 14.4 Å². The first kappa shape index (κ1) is 21.9. The van der Waals surface area contributed by atoms with Crippen LogP contribution in [0.1, 0.15) is 43.9 Å². The molecule has 32 heavy (non-hydrogen) atoms.